The Hall–Kier alpha value is -1.68. The van der Waals surface area contributed by atoms with E-state index in [4.69, 9.17) is 27.8 Å². The summed E-state index contributed by atoms with van der Waals surface area (Å²) in [5.41, 5.74) is 0. The average molecular weight is 1010 g/mol. The minimum Gasteiger partial charge on any atom is -0.462 e. The average Bonchev–Trinajstić information content (AvgIpc) is 3.26. The van der Waals surface area contributed by atoms with Crippen LogP contribution in [0.1, 0.15) is 162 Å². The van der Waals surface area contributed by atoms with E-state index in [2.05, 4.69) is 6.92 Å². The Morgan fingerprint density at radius 3 is 2.06 bits per heavy atom. The molecular weight excluding hydrogens is 922 g/mol. The number of esters is 2. The van der Waals surface area contributed by atoms with Crippen molar-refractivity contribution in [3.63, 3.8) is 0 Å². The van der Waals surface area contributed by atoms with Gasteiger partial charge in [0.1, 0.15) is 43.2 Å². The zero-order valence-corrected chi connectivity index (χ0v) is 41.2. The van der Waals surface area contributed by atoms with Gasteiger partial charge in [-0.15, -0.1) is 0 Å². The first-order chi connectivity index (χ1) is 31.8. The smallest absolute Gasteiger partial charge is 0.462 e. The fraction of sp³-hybridized carbons (Fsp3) is 0.867. The van der Waals surface area contributed by atoms with Gasteiger partial charge in [0.15, 0.2) is 12.4 Å². The molecule has 392 valence electrons. The molecule has 2 heterocycles. The van der Waals surface area contributed by atoms with E-state index in [1.54, 1.807) is 6.08 Å². The Bertz CT molecular complexity index is 1510. The minimum absolute atomic E-state index is 0.0525. The molecule has 2 aliphatic heterocycles. The lowest BCUT2D eigenvalue weighted by molar-refractivity contribution is -0.210. The SMILES string of the molecule is CCCCCCCCCCCCCCCC(=O)OC[C@@H]1COP(=O)(O)O[C@H]2[C@H](O)[C@@H](O)[C@H](O)[C@@H](C/C=C\CCCC(=O)O1)[C@@H](O)CC(O)O[C@H](/C=C/[C@@H](O)CCCCC)[C@@H](O)[C@H]2OP(=O)(O)O. The van der Waals surface area contributed by atoms with Gasteiger partial charge in [-0.25, -0.2) is 9.13 Å². The first-order valence-electron chi connectivity index (χ1n) is 24.3. The Balaban J connectivity index is 2.36. The number of allylic oxidation sites excluding steroid dienone is 2. The van der Waals surface area contributed by atoms with Crippen molar-refractivity contribution < 1.29 is 96.9 Å². The highest BCUT2D eigenvalue weighted by molar-refractivity contribution is 7.47. The molecule has 2 aliphatic rings. The number of ether oxygens (including phenoxy) is 3. The van der Waals surface area contributed by atoms with Crippen molar-refractivity contribution in [2.45, 2.75) is 229 Å². The van der Waals surface area contributed by atoms with E-state index in [0.29, 0.717) is 12.8 Å². The number of carbonyl (C=O) groups excluding carboxylic acids is 2. The number of fused-ring (bicyclic) bond motifs is 4. The molecular formula is C45H82O20P2. The number of hydrogen-bond acceptors (Lipinski definition) is 17. The molecule has 67 heavy (non-hydrogen) atoms. The molecule has 0 aromatic heterocycles. The Morgan fingerprint density at radius 2 is 1.45 bits per heavy atom. The van der Waals surface area contributed by atoms with Crippen LogP contribution in [0.3, 0.4) is 0 Å². The van der Waals surface area contributed by atoms with Gasteiger partial charge in [0.05, 0.1) is 24.9 Å². The lowest BCUT2D eigenvalue weighted by atomic mass is 9.83. The number of hydrogen-bond donors (Lipinski definition) is 10. The summed E-state index contributed by atoms with van der Waals surface area (Å²) >= 11 is 0. The third-order valence-electron chi connectivity index (χ3n) is 11.8. The molecule has 13 atom stereocenters. The fourth-order valence-electron chi connectivity index (χ4n) is 7.95. The van der Waals surface area contributed by atoms with E-state index in [9.17, 15) is 69.1 Å². The molecule has 10 N–H and O–H groups in total. The summed E-state index contributed by atoms with van der Waals surface area (Å²) in [5, 5.41) is 78.8. The maximum Gasteiger partial charge on any atom is 0.472 e. The van der Waals surface area contributed by atoms with Crippen LogP contribution in [0.25, 0.3) is 0 Å². The van der Waals surface area contributed by atoms with Crippen molar-refractivity contribution in [3.05, 3.63) is 24.3 Å². The second kappa shape index (κ2) is 33.8. The van der Waals surface area contributed by atoms with Crippen molar-refractivity contribution in [1.82, 2.24) is 0 Å². The summed E-state index contributed by atoms with van der Waals surface area (Å²) in [6, 6.07) is 0. The topological polar surface area (TPSA) is 326 Å². The van der Waals surface area contributed by atoms with Gasteiger partial charge in [-0.05, 0) is 32.1 Å². The maximum atomic E-state index is 13.7. The number of aliphatic hydroxyl groups excluding tert-OH is 7. The highest BCUT2D eigenvalue weighted by Gasteiger charge is 2.50. The summed E-state index contributed by atoms with van der Waals surface area (Å²) in [7, 11) is -11.5. The summed E-state index contributed by atoms with van der Waals surface area (Å²) in [5.74, 6) is -2.85. The van der Waals surface area contributed by atoms with Crippen molar-refractivity contribution in [3.8, 4) is 0 Å². The zero-order valence-electron chi connectivity index (χ0n) is 39.4. The molecule has 0 aromatic carbocycles. The van der Waals surface area contributed by atoms with Gasteiger partial charge in [-0.3, -0.25) is 23.2 Å². The standard InChI is InChI=1S/C45H82O20P2/c1-3-5-7-8-9-10-11-12-13-14-15-16-21-25-37(48)60-30-33-31-61-67(58,59)65-45-43(54)42(53)40(51)34(24-20-17-18-22-26-38(49)62-33)35(47)29-39(50)63-36(28-27-32(46)23-19-6-4-2)41(52)44(45)64-66(55,56)57/h17,20,27-28,32-36,39-47,50-54H,3-16,18-19,21-26,29-31H2,1-2H3,(H,58,59)(H2,55,56,57)/b20-17-,28-27+/t32-,33+,34-,35-,36+,39?,40+,41+,42-,43+,44+,45-/m0/s1. The number of aliphatic hydroxyl groups is 7. The molecule has 2 unspecified atom stereocenters. The van der Waals surface area contributed by atoms with Crippen LogP contribution < -0.4 is 0 Å². The van der Waals surface area contributed by atoms with Gasteiger partial charge in [-0.1, -0.05) is 134 Å². The van der Waals surface area contributed by atoms with E-state index >= 15 is 0 Å². The largest absolute Gasteiger partial charge is 0.472 e. The van der Waals surface area contributed by atoms with Crippen LogP contribution in [-0.2, 0) is 46.5 Å². The summed E-state index contributed by atoms with van der Waals surface area (Å²) in [6.45, 7) is 2.53. The first-order valence-corrected chi connectivity index (χ1v) is 27.3. The molecule has 2 rings (SSSR count). The number of rotatable bonds is 24. The number of unbranched alkanes of at least 4 members (excludes halogenated alkanes) is 14. The molecule has 0 saturated carbocycles. The fourth-order valence-corrected chi connectivity index (χ4v) is 9.48. The third-order valence-corrected chi connectivity index (χ3v) is 13.3. The molecule has 0 amide bonds. The Kier molecular flexibility index (Phi) is 31.0. The molecule has 20 nitrogen and oxygen atoms in total. The lowest BCUT2D eigenvalue weighted by Gasteiger charge is -2.41. The van der Waals surface area contributed by atoms with Gasteiger partial charge in [0.25, 0.3) is 0 Å². The second-order valence-corrected chi connectivity index (χ2v) is 20.3. The third kappa shape index (κ3) is 26.4. The Labute approximate surface area is 395 Å². The van der Waals surface area contributed by atoms with Crippen molar-refractivity contribution >= 4 is 27.6 Å². The molecule has 22 heteroatoms. The van der Waals surface area contributed by atoms with Gasteiger partial charge in [0, 0.05) is 25.2 Å². The summed E-state index contributed by atoms with van der Waals surface area (Å²) in [4.78, 5) is 56.6. The quantitative estimate of drug-likeness (QED) is 0.0261. The van der Waals surface area contributed by atoms with E-state index < -0.39 is 120 Å². The molecule has 1 fully saturated rings. The lowest BCUT2D eigenvalue weighted by Crippen LogP contribution is -2.58. The van der Waals surface area contributed by atoms with E-state index in [1.807, 2.05) is 6.92 Å². The van der Waals surface area contributed by atoms with Gasteiger partial charge in [0.2, 0.25) is 0 Å². The van der Waals surface area contributed by atoms with E-state index in [0.717, 1.165) is 50.7 Å². The van der Waals surface area contributed by atoms with Crippen LogP contribution in [0.15, 0.2) is 24.3 Å². The number of phosphoric acid groups is 2. The number of phosphoric ester groups is 2. The molecule has 0 aromatic rings. The van der Waals surface area contributed by atoms with Gasteiger partial charge in [-0.2, -0.15) is 0 Å². The normalized spacial score (nSPS) is 32.2. The number of cyclic esters (lactones) is 1. The van der Waals surface area contributed by atoms with E-state index in [-0.39, 0.29) is 38.5 Å². The molecule has 0 aliphatic carbocycles. The maximum absolute atomic E-state index is 13.7. The first kappa shape index (κ1) is 61.4. The van der Waals surface area contributed by atoms with Crippen LogP contribution in [0.4, 0.5) is 0 Å². The van der Waals surface area contributed by atoms with Gasteiger partial charge >= 0.3 is 27.6 Å². The molecule has 0 spiro atoms. The summed E-state index contributed by atoms with van der Waals surface area (Å²) < 4.78 is 57.7. The van der Waals surface area contributed by atoms with E-state index in [1.165, 1.54) is 57.4 Å². The molecule has 0 radical (unpaired) electrons. The van der Waals surface area contributed by atoms with Crippen LogP contribution in [0.2, 0.25) is 0 Å². The van der Waals surface area contributed by atoms with Gasteiger partial charge < -0.3 is 64.6 Å². The van der Waals surface area contributed by atoms with Crippen LogP contribution >= 0.6 is 15.6 Å². The summed E-state index contributed by atoms with van der Waals surface area (Å²) in [6.07, 6.45) is -1.89. The Morgan fingerprint density at radius 1 is 0.851 bits per heavy atom. The van der Waals surface area contributed by atoms with Crippen LogP contribution in [-0.4, -0.2) is 143 Å². The second-order valence-electron chi connectivity index (χ2n) is 17.7. The predicted molar refractivity (Wildman–Crippen MR) is 245 cm³/mol. The highest BCUT2D eigenvalue weighted by atomic mass is 31.2. The van der Waals surface area contributed by atoms with Crippen molar-refractivity contribution in [2.75, 3.05) is 13.2 Å². The monoisotopic (exact) mass is 1000 g/mol. The number of carbonyl (C=O) groups is 2. The minimum atomic E-state index is -5.79. The van der Waals surface area contributed by atoms with Crippen LogP contribution in [0.5, 0.6) is 0 Å². The predicted octanol–water partition coefficient (Wildman–Crippen LogP) is 5.06. The van der Waals surface area contributed by atoms with Crippen molar-refractivity contribution in [1.29, 1.82) is 0 Å². The highest BCUT2D eigenvalue weighted by Crippen LogP contribution is 2.49. The van der Waals surface area contributed by atoms with Crippen molar-refractivity contribution in [2.24, 2.45) is 5.92 Å². The molecule has 1 saturated heterocycles. The zero-order chi connectivity index (χ0) is 49.8. The molecule has 2 bridgehead atoms. The van der Waals surface area contributed by atoms with Crippen LogP contribution in [0, 0.1) is 5.92 Å².